The molecule has 108 valence electrons. The molecule has 0 spiro atoms. The summed E-state index contributed by atoms with van der Waals surface area (Å²) in [6, 6.07) is 1.19. The van der Waals surface area contributed by atoms with Crippen molar-refractivity contribution in [2.24, 2.45) is 5.92 Å². The summed E-state index contributed by atoms with van der Waals surface area (Å²) in [4.78, 5) is 4.50. The molecule has 1 atom stereocenters. The lowest BCUT2D eigenvalue weighted by molar-refractivity contribution is 0.505. The summed E-state index contributed by atoms with van der Waals surface area (Å²) in [6.45, 7) is 6.86. The third kappa shape index (κ3) is 4.26. The number of hydrogen-bond donors (Lipinski definition) is 1. The van der Waals surface area contributed by atoms with Crippen LogP contribution in [0.1, 0.15) is 71.8 Å². The van der Waals surface area contributed by atoms with E-state index < -0.39 is 0 Å². The SMILES string of the molecule is CC(C)CCCC(C)Nc1nccn1C1CCCC1. The van der Waals surface area contributed by atoms with Gasteiger partial charge in [0.1, 0.15) is 0 Å². The molecular weight excluding hydrogens is 234 g/mol. The van der Waals surface area contributed by atoms with Crippen LogP contribution in [-0.2, 0) is 0 Å². The van der Waals surface area contributed by atoms with E-state index in [1.165, 1.54) is 44.9 Å². The van der Waals surface area contributed by atoms with Gasteiger partial charge in [0.05, 0.1) is 0 Å². The molecule has 1 aromatic rings. The lowest BCUT2D eigenvalue weighted by atomic mass is 10.0. The second kappa shape index (κ2) is 6.97. The molecule has 0 aromatic carbocycles. The molecule has 2 rings (SSSR count). The predicted octanol–water partition coefficient (Wildman–Crippen LogP) is 4.62. The Morgan fingerprint density at radius 3 is 2.68 bits per heavy atom. The summed E-state index contributed by atoms with van der Waals surface area (Å²) in [5.41, 5.74) is 0. The molecule has 1 saturated carbocycles. The van der Waals surface area contributed by atoms with Crippen LogP contribution in [0.25, 0.3) is 0 Å². The average Bonchev–Trinajstić information content (AvgIpc) is 2.97. The Morgan fingerprint density at radius 2 is 2.00 bits per heavy atom. The molecule has 0 saturated heterocycles. The fourth-order valence-electron chi connectivity index (χ4n) is 3.03. The number of aromatic nitrogens is 2. The van der Waals surface area contributed by atoms with Crippen LogP contribution in [-0.4, -0.2) is 15.6 Å². The summed E-state index contributed by atoms with van der Waals surface area (Å²) < 4.78 is 2.35. The lowest BCUT2D eigenvalue weighted by Crippen LogP contribution is -2.19. The Morgan fingerprint density at radius 1 is 1.26 bits per heavy atom. The van der Waals surface area contributed by atoms with Crippen molar-refractivity contribution in [2.45, 2.75) is 77.8 Å². The molecule has 1 fully saturated rings. The highest BCUT2D eigenvalue weighted by atomic mass is 15.2. The summed E-state index contributed by atoms with van der Waals surface area (Å²) in [5, 5.41) is 3.59. The summed E-state index contributed by atoms with van der Waals surface area (Å²) in [5.74, 6) is 1.89. The highest BCUT2D eigenvalue weighted by Crippen LogP contribution is 2.31. The van der Waals surface area contributed by atoms with Crippen LogP contribution < -0.4 is 5.32 Å². The lowest BCUT2D eigenvalue weighted by Gasteiger charge is -2.19. The van der Waals surface area contributed by atoms with E-state index in [9.17, 15) is 0 Å². The van der Waals surface area contributed by atoms with Crippen LogP contribution in [0.15, 0.2) is 12.4 Å². The van der Waals surface area contributed by atoms with E-state index in [0.29, 0.717) is 12.1 Å². The second-order valence-electron chi connectivity index (χ2n) is 6.47. The topological polar surface area (TPSA) is 29.9 Å². The Bertz CT molecular complexity index is 364. The molecule has 0 amide bonds. The number of nitrogens with zero attached hydrogens (tertiary/aromatic N) is 2. The maximum Gasteiger partial charge on any atom is 0.203 e. The first kappa shape index (κ1) is 14.4. The minimum atomic E-state index is 0.515. The van der Waals surface area contributed by atoms with Gasteiger partial charge in [0, 0.05) is 24.5 Å². The van der Waals surface area contributed by atoms with Gasteiger partial charge in [-0.2, -0.15) is 0 Å². The Balaban J connectivity index is 1.83. The number of anilines is 1. The molecule has 1 heterocycles. The summed E-state index contributed by atoms with van der Waals surface area (Å²) >= 11 is 0. The zero-order valence-corrected chi connectivity index (χ0v) is 12.7. The third-order valence-electron chi connectivity index (χ3n) is 4.18. The maximum absolute atomic E-state index is 4.50. The van der Waals surface area contributed by atoms with Gasteiger partial charge in [0.2, 0.25) is 5.95 Å². The van der Waals surface area contributed by atoms with Crippen LogP contribution >= 0.6 is 0 Å². The normalized spacial score (nSPS) is 18.1. The van der Waals surface area contributed by atoms with Crippen molar-refractivity contribution in [1.29, 1.82) is 0 Å². The Hall–Kier alpha value is -0.990. The van der Waals surface area contributed by atoms with E-state index in [-0.39, 0.29) is 0 Å². The van der Waals surface area contributed by atoms with Crippen LogP contribution in [0.5, 0.6) is 0 Å². The molecule has 1 aliphatic rings. The van der Waals surface area contributed by atoms with Gasteiger partial charge in [-0.05, 0) is 32.1 Å². The minimum Gasteiger partial charge on any atom is -0.353 e. The number of imidazole rings is 1. The first-order chi connectivity index (χ1) is 9.16. The highest BCUT2D eigenvalue weighted by molar-refractivity contribution is 5.28. The van der Waals surface area contributed by atoms with Crippen LogP contribution in [0.3, 0.4) is 0 Å². The monoisotopic (exact) mass is 263 g/mol. The fourth-order valence-corrected chi connectivity index (χ4v) is 3.03. The van der Waals surface area contributed by atoms with Crippen molar-refractivity contribution in [2.75, 3.05) is 5.32 Å². The van der Waals surface area contributed by atoms with E-state index in [2.05, 4.69) is 41.8 Å². The van der Waals surface area contributed by atoms with E-state index >= 15 is 0 Å². The molecule has 1 unspecified atom stereocenters. The molecule has 3 nitrogen and oxygen atoms in total. The quantitative estimate of drug-likeness (QED) is 0.777. The van der Waals surface area contributed by atoms with Crippen molar-refractivity contribution < 1.29 is 0 Å². The van der Waals surface area contributed by atoms with Crippen molar-refractivity contribution in [1.82, 2.24) is 9.55 Å². The van der Waals surface area contributed by atoms with Gasteiger partial charge in [0.15, 0.2) is 0 Å². The molecule has 1 aromatic heterocycles. The van der Waals surface area contributed by atoms with Gasteiger partial charge < -0.3 is 9.88 Å². The van der Waals surface area contributed by atoms with E-state index in [1.807, 2.05) is 6.20 Å². The smallest absolute Gasteiger partial charge is 0.203 e. The van der Waals surface area contributed by atoms with Crippen molar-refractivity contribution >= 4 is 5.95 Å². The van der Waals surface area contributed by atoms with Gasteiger partial charge in [-0.3, -0.25) is 0 Å². The van der Waals surface area contributed by atoms with Crippen molar-refractivity contribution in [3.63, 3.8) is 0 Å². The van der Waals surface area contributed by atoms with Gasteiger partial charge in [-0.15, -0.1) is 0 Å². The molecule has 0 aliphatic heterocycles. The zero-order valence-electron chi connectivity index (χ0n) is 12.7. The molecule has 1 aliphatic carbocycles. The zero-order chi connectivity index (χ0) is 13.7. The van der Waals surface area contributed by atoms with Crippen molar-refractivity contribution in [3.05, 3.63) is 12.4 Å². The first-order valence-corrected chi connectivity index (χ1v) is 7.96. The minimum absolute atomic E-state index is 0.515. The summed E-state index contributed by atoms with van der Waals surface area (Å²) in [7, 11) is 0. The molecular formula is C16H29N3. The number of rotatable bonds is 7. The molecule has 0 bridgehead atoms. The Labute approximate surface area is 117 Å². The van der Waals surface area contributed by atoms with Crippen LogP contribution in [0, 0.1) is 5.92 Å². The van der Waals surface area contributed by atoms with E-state index in [0.717, 1.165) is 11.9 Å². The van der Waals surface area contributed by atoms with Crippen molar-refractivity contribution in [3.8, 4) is 0 Å². The second-order valence-corrected chi connectivity index (χ2v) is 6.47. The predicted molar refractivity (Wildman–Crippen MR) is 81.5 cm³/mol. The van der Waals surface area contributed by atoms with E-state index in [4.69, 9.17) is 0 Å². The van der Waals surface area contributed by atoms with Gasteiger partial charge >= 0.3 is 0 Å². The van der Waals surface area contributed by atoms with Crippen LogP contribution in [0.4, 0.5) is 5.95 Å². The van der Waals surface area contributed by atoms with Gasteiger partial charge in [-0.25, -0.2) is 4.98 Å². The standard InChI is InChI=1S/C16H29N3/c1-13(2)7-6-8-14(3)18-16-17-11-12-19(16)15-9-4-5-10-15/h11-15H,4-10H2,1-3H3,(H,17,18). The molecule has 19 heavy (non-hydrogen) atoms. The third-order valence-corrected chi connectivity index (χ3v) is 4.18. The first-order valence-electron chi connectivity index (χ1n) is 7.96. The van der Waals surface area contributed by atoms with Gasteiger partial charge in [0.25, 0.3) is 0 Å². The van der Waals surface area contributed by atoms with Gasteiger partial charge in [-0.1, -0.05) is 39.5 Å². The average molecular weight is 263 g/mol. The molecule has 1 N–H and O–H groups in total. The highest BCUT2D eigenvalue weighted by Gasteiger charge is 2.19. The fraction of sp³-hybridized carbons (Fsp3) is 0.812. The Kier molecular flexibility index (Phi) is 5.29. The molecule has 3 heteroatoms. The maximum atomic E-state index is 4.50. The summed E-state index contributed by atoms with van der Waals surface area (Å²) in [6.07, 6.45) is 13.3. The van der Waals surface area contributed by atoms with Crippen LogP contribution in [0.2, 0.25) is 0 Å². The van der Waals surface area contributed by atoms with E-state index in [1.54, 1.807) is 0 Å². The number of nitrogens with one attached hydrogen (secondary N) is 1. The number of hydrogen-bond acceptors (Lipinski definition) is 2. The largest absolute Gasteiger partial charge is 0.353 e. The molecule has 0 radical (unpaired) electrons.